The predicted octanol–water partition coefficient (Wildman–Crippen LogP) is 3.49. The maximum Gasteiger partial charge on any atom is 0.249 e. The Kier molecular flexibility index (Phi) is 8.62. The lowest BCUT2D eigenvalue weighted by molar-refractivity contribution is -0.126. The summed E-state index contributed by atoms with van der Waals surface area (Å²) in [4.78, 5) is 23.7. The summed E-state index contributed by atoms with van der Waals surface area (Å²) >= 11 is 0. The summed E-state index contributed by atoms with van der Waals surface area (Å²) < 4.78 is 24.1. The standard InChI is InChI=1S/C21H24FN3O4/c1-3-11-29-18-10-5-15(12-19(18)28-4-2)14-23-25-21(27)13-20(26)24-17-8-6-16(22)7-9-17/h5-10,12,14H,3-4,11,13H2,1-2H3,(H,24,26)(H,25,27). The van der Waals surface area contributed by atoms with E-state index in [1.807, 2.05) is 13.8 Å². The molecule has 2 N–H and O–H groups in total. The average Bonchev–Trinajstić information content (AvgIpc) is 2.69. The van der Waals surface area contributed by atoms with E-state index in [0.29, 0.717) is 36.0 Å². The third-order valence-corrected chi connectivity index (χ3v) is 3.58. The summed E-state index contributed by atoms with van der Waals surface area (Å²) in [6.45, 7) is 4.97. The second-order valence-corrected chi connectivity index (χ2v) is 6.01. The number of hydrazone groups is 1. The number of carbonyl (C=O) groups excluding carboxylic acids is 2. The maximum absolute atomic E-state index is 12.9. The molecule has 0 saturated heterocycles. The Morgan fingerprint density at radius 1 is 1.03 bits per heavy atom. The lowest BCUT2D eigenvalue weighted by atomic mass is 10.2. The van der Waals surface area contributed by atoms with Crippen molar-refractivity contribution in [1.29, 1.82) is 0 Å². The van der Waals surface area contributed by atoms with Crippen LogP contribution >= 0.6 is 0 Å². The fraction of sp³-hybridized carbons (Fsp3) is 0.286. The minimum absolute atomic E-state index is 0.404. The van der Waals surface area contributed by atoms with Gasteiger partial charge in [0, 0.05) is 5.69 Å². The van der Waals surface area contributed by atoms with Crippen LogP contribution in [0, 0.1) is 5.82 Å². The smallest absolute Gasteiger partial charge is 0.249 e. The van der Waals surface area contributed by atoms with E-state index in [-0.39, 0.29) is 0 Å². The lowest BCUT2D eigenvalue weighted by Gasteiger charge is -2.11. The van der Waals surface area contributed by atoms with Crippen LogP contribution in [0.4, 0.5) is 10.1 Å². The van der Waals surface area contributed by atoms with Gasteiger partial charge in [0.2, 0.25) is 11.8 Å². The van der Waals surface area contributed by atoms with Crippen LogP contribution in [0.15, 0.2) is 47.6 Å². The van der Waals surface area contributed by atoms with Gasteiger partial charge in [-0.3, -0.25) is 9.59 Å². The monoisotopic (exact) mass is 401 g/mol. The molecule has 0 heterocycles. The van der Waals surface area contributed by atoms with Gasteiger partial charge < -0.3 is 14.8 Å². The molecule has 2 amide bonds. The Labute approximate surface area is 168 Å². The second kappa shape index (κ2) is 11.4. The van der Waals surface area contributed by atoms with Gasteiger partial charge in [0.25, 0.3) is 0 Å². The van der Waals surface area contributed by atoms with E-state index in [1.54, 1.807) is 18.2 Å². The minimum atomic E-state index is -0.575. The molecule has 2 aromatic rings. The summed E-state index contributed by atoms with van der Waals surface area (Å²) in [6.07, 6.45) is 1.92. The SMILES string of the molecule is CCCOc1ccc(C=NNC(=O)CC(=O)Nc2ccc(F)cc2)cc1OCC. The molecule has 8 heteroatoms. The van der Waals surface area contributed by atoms with Crippen molar-refractivity contribution in [3.05, 3.63) is 53.8 Å². The van der Waals surface area contributed by atoms with Crippen LogP contribution in [0.3, 0.4) is 0 Å². The van der Waals surface area contributed by atoms with Gasteiger partial charge in [-0.05, 0) is 61.4 Å². The third-order valence-electron chi connectivity index (χ3n) is 3.58. The molecular formula is C21H24FN3O4. The maximum atomic E-state index is 12.9. The van der Waals surface area contributed by atoms with E-state index in [9.17, 15) is 14.0 Å². The summed E-state index contributed by atoms with van der Waals surface area (Å²) in [7, 11) is 0. The number of halogens is 1. The zero-order valence-electron chi connectivity index (χ0n) is 16.4. The van der Waals surface area contributed by atoms with Gasteiger partial charge in [-0.15, -0.1) is 0 Å². The molecule has 0 radical (unpaired) electrons. The van der Waals surface area contributed by atoms with Crippen LogP contribution in [0.2, 0.25) is 0 Å². The first-order valence-corrected chi connectivity index (χ1v) is 9.28. The topological polar surface area (TPSA) is 89.0 Å². The third kappa shape index (κ3) is 7.61. The van der Waals surface area contributed by atoms with Gasteiger partial charge in [-0.25, -0.2) is 9.82 Å². The molecule has 0 atom stereocenters. The average molecular weight is 401 g/mol. The number of hydrogen-bond donors (Lipinski definition) is 2. The Balaban J connectivity index is 1.87. The fourth-order valence-electron chi connectivity index (χ4n) is 2.31. The Hall–Kier alpha value is -3.42. The summed E-state index contributed by atoms with van der Waals surface area (Å²) in [5.41, 5.74) is 3.40. The molecule has 2 aromatic carbocycles. The molecule has 0 aliphatic carbocycles. The van der Waals surface area contributed by atoms with E-state index >= 15 is 0 Å². The van der Waals surface area contributed by atoms with E-state index in [1.165, 1.54) is 30.5 Å². The van der Waals surface area contributed by atoms with E-state index in [0.717, 1.165) is 6.42 Å². The predicted molar refractivity (Wildman–Crippen MR) is 109 cm³/mol. The van der Waals surface area contributed by atoms with E-state index in [4.69, 9.17) is 9.47 Å². The Morgan fingerprint density at radius 3 is 2.48 bits per heavy atom. The van der Waals surface area contributed by atoms with Crippen LogP contribution in [0.25, 0.3) is 0 Å². The Morgan fingerprint density at radius 2 is 1.79 bits per heavy atom. The molecule has 0 aromatic heterocycles. The minimum Gasteiger partial charge on any atom is -0.490 e. The van der Waals surface area contributed by atoms with Crippen LogP contribution in [-0.4, -0.2) is 31.2 Å². The molecule has 0 saturated carbocycles. The summed E-state index contributed by atoms with van der Waals surface area (Å²) in [6, 6.07) is 10.6. The van der Waals surface area contributed by atoms with Gasteiger partial charge in [0.05, 0.1) is 19.4 Å². The largest absolute Gasteiger partial charge is 0.490 e. The number of nitrogens with one attached hydrogen (secondary N) is 2. The van der Waals surface area contributed by atoms with Gasteiger partial charge >= 0.3 is 0 Å². The number of benzene rings is 2. The summed E-state index contributed by atoms with van der Waals surface area (Å²) in [5, 5.41) is 6.36. The number of hydrogen-bond acceptors (Lipinski definition) is 5. The zero-order valence-corrected chi connectivity index (χ0v) is 16.4. The summed E-state index contributed by atoms with van der Waals surface area (Å²) in [5.74, 6) is -0.274. The molecule has 0 aliphatic rings. The van der Waals surface area contributed by atoms with Gasteiger partial charge in [0.1, 0.15) is 12.2 Å². The highest BCUT2D eigenvalue weighted by Crippen LogP contribution is 2.28. The van der Waals surface area contributed by atoms with Gasteiger partial charge in [-0.2, -0.15) is 5.10 Å². The van der Waals surface area contributed by atoms with Gasteiger partial charge in [-0.1, -0.05) is 6.92 Å². The van der Waals surface area contributed by atoms with Crippen molar-refractivity contribution in [2.75, 3.05) is 18.5 Å². The molecule has 0 unspecified atom stereocenters. The number of carbonyl (C=O) groups is 2. The van der Waals surface area contributed by atoms with Crippen molar-refractivity contribution in [3.63, 3.8) is 0 Å². The molecule has 29 heavy (non-hydrogen) atoms. The number of nitrogens with zero attached hydrogens (tertiary/aromatic N) is 1. The van der Waals surface area contributed by atoms with Crippen molar-refractivity contribution < 1.29 is 23.5 Å². The quantitative estimate of drug-likeness (QED) is 0.362. The highest BCUT2D eigenvalue weighted by atomic mass is 19.1. The van der Waals surface area contributed by atoms with Crippen molar-refractivity contribution >= 4 is 23.7 Å². The highest BCUT2D eigenvalue weighted by Gasteiger charge is 2.09. The van der Waals surface area contributed by atoms with Crippen molar-refractivity contribution in [2.45, 2.75) is 26.7 Å². The van der Waals surface area contributed by atoms with Crippen LogP contribution in [-0.2, 0) is 9.59 Å². The normalized spacial score (nSPS) is 10.6. The van der Waals surface area contributed by atoms with Crippen LogP contribution < -0.4 is 20.2 Å². The molecule has 2 rings (SSSR count). The molecule has 7 nitrogen and oxygen atoms in total. The number of ether oxygens (including phenoxy) is 2. The molecular weight excluding hydrogens is 377 g/mol. The number of anilines is 1. The molecule has 0 aliphatic heterocycles. The van der Waals surface area contributed by atoms with Crippen molar-refractivity contribution in [1.82, 2.24) is 5.43 Å². The van der Waals surface area contributed by atoms with Crippen LogP contribution in [0.1, 0.15) is 32.3 Å². The highest BCUT2D eigenvalue weighted by molar-refractivity contribution is 6.03. The fourth-order valence-corrected chi connectivity index (χ4v) is 2.31. The zero-order chi connectivity index (χ0) is 21.1. The second-order valence-electron chi connectivity index (χ2n) is 6.01. The lowest BCUT2D eigenvalue weighted by Crippen LogP contribution is -2.24. The molecule has 0 bridgehead atoms. The van der Waals surface area contributed by atoms with E-state index in [2.05, 4.69) is 15.8 Å². The van der Waals surface area contributed by atoms with Crippen LogP contribution in [0.5, 0.6) is 11.5 Å². The van der Waals surface area contributed by atoms with Crippen molar-refractivity contribution in [3.8, 4) is 11.5 Å². The first-order chi connectivity index (χ1) is 14.0. The molecule has 0 spiro atoms. The Bertz CT molecular complexity index is 854. The molecule has 0 fully saturated rings. The number of amides is 2. The molecule has 154 valence electrons. The van der Waals surface area contributed by atoms with Gasteiger partial charge in [0.15, 0.2) is 11.5 Å². The van der Waals surface area contributed by atoms with Crippen molar-refractivity contribution in [2.24, 2.45) is 5.10 Å². The first kappa shape index (κ1) is 21.9. The van der Waals surface area contributed by atoms with E-state index < -0.39 is 24.1 Å². The first-order valence-electron chi connectivity index (χ1n) is 9.28. The number of rotatable bonds is 10.